The van der Waals surface area contributed by atoms with E-state index in [1.165, 1.54) is 0 Å². The van der Waals surface area contributed by atoms with Gasteiger partial charge in [-0.25, -0.2) is 0 Å². The topological polar surface area (TPSA) is 30.5 Å². The first kappa shape index (κ1) is 15.2. The molecule has 0 aliphatic carbocycles. The third-order valence-corrected chi connectivity index (χ3v) is 2.97. The zero-order chi connectivity index (χ0) is 15.3. The second-order valence-electron chi connectivity index (χ2n) is 5.88. The van der Waals surface area contributed by atoms with E-state index in [9.17, 15) is 0 Å². The highest BCUT2D eigenvalue weighted by Gasteiger charge is 2.14. The molecule has 0 heterocycles. The molecule has 0 saturated carbocycles. The van der Waals surface area contributed by atoms with Crippen molar-refractivity contribution >= 4 is 5.69 Å². The Bertz CT molecular complexity index is 588. The van der Waals surface area contributed by atoms with Crippen molar-refractivity contribution in [3.63, 3.8) is 0 Å². The van der Waals surface area contributed by atoms with E-state index in [0.717, 1.165) is 22.7 Å². The van der Waals surface area contributed by atoms with Crippen LogP contribution in [-0.2, 0) is 6.54 Å². The lowest BCUT2D eigenvalue weighted by Crippen LogP contribution is -2.23. The maximum Gasteiger partial charge on any atom is 0.141 e. The van der Waals surface area contributed by atoms with E-state index in [1.54, 1.807) is 7.11 Å². The van der Waals surface area contributed by atoms with Gasteiger partial charge in [0.05, 0.1) is 12.8 Å². The van der Waals surface area contributed by atoms with Crippen LogP contribution in [0.25, 0.3) is 0 Å². The Morgan fingerprint density at radius 2 is 1.52 bits per heavy atom. The number of para-hydroxylation sites is 3. The summed E-state index contributed by atoms with van der Waals surface area (Å²) in [5.41, 5.74) is 1.89. The lowest BCUT2D eigenvalue weighted by atomic mass is 10.1. The molecule has 0 spiro atoms. The molecule has 0 saturated heterocycles. The van der Waals surface area contributed by atoms with Crippen LogP contribution in [0.3, 0.4) is 0 Å². The predicted octanol–water partition coefficient (Wildman–Crippen LogP) is 4.48. The van der Waals surface area contributed by atoms with Crippen LogP contribution in [0.5, 0.6) is 11.5 Å². The SMILES string of the molecule is COc1ccccc1NCc1ccccc1OC(C)(C)C. The van der Waals surface area contributed by atoms with Crippen LogP contribution in [0.2, 0.25) is 0 Å². The first-order valence-corrected chi connectivity index (χ1v) is 7.13. The Hall–Kier alpha value is -2.16. The Kier molecular flexibility index (Phi) is 4.73. The van der Waals surface area contributed by atoms with Crippen molar-refractivity contribution in [3.05, 3.63) is 54.1 Å². The summed E-state index contributed by atoms with van der Waals surface area (Å²) in [5, 5.41) is 3.40. The molecule has 21 heavy (non-hydrogen) atoms. The minimum absolute atomic E-state index is 0.208. The monoisotopic (exact) mass is 285 g/mol. The maximum atomic E-state index is 6.01. The normalized spacial score (nSPS) is 11.0. The zero-order valence-electron chi connectivity index (χ0n) is 13.1. The van der Waals surface area contributed by atoms with Gasteiger partial charge in [0, 0.05) is 12.1 Å². The molecule has 0 bridgehead atoms. The van der Waals surface area contributed by atoms with E-state index in [2.05, 4.69) is 32.2 Å². The van der Waals surface area contributed by atoms with E-state index >= 15 is 0 Å². The summed E-state index contributed by atoms with van der Waals surface area (Å²) in [6, 6.07) is 16.0. The molecule has 3 heteroatoms. The summed E-state index contributed by atoms with van der Waals surface area (Å²) in [7, 11) is 1.68. The molecule has 0 aliphatic heterocycles. The van der Waals surface area contributed by atoms with Gasteiger partial charge in [-0.3, -0.25) is 0 Å². The standard InChI is InChI=1S/C18H23NO2/c1-18(2,3)21-16-11-7-5-9-14(16)13-19-15-10-6-8-12-17(15)20-4/h5-12,19H,13H2,1-4H3. The van der Waals surface area contributed by atoms with Gasteiger partial charge in [0.25, 0.3) is 0 Å². The summed E-state index contributed by atoms with van der Waals surface area (Å²) in [6.45, 7) is 6.85. The molecule has 0 unspecified atom stereocenters. The average Bonchev–Trinajstić information content (AvgIpc) is 2.45. The molecule has 112 valence electrons. The molecule has 0 aromatic heterocycles. The summed E-state index contributed by atoms with van der Waals surface area (Å²) in [5.74, 6) is 1.75. The lowest BCUT2D eigenvalue weighted by Gasteiger charge is -2.23. The Balaban J connectivity index is 2.13. The fourth-order valence-corrected chi connectivity index (χ4v) is 2.06. The van der Waals surface area contributed by atoms with Crippen molar-refractivity contribution in [2.24, 2.45) is 0 Å². The molecular formula is C18H23NO2. The van der Waals surface area contributed by atoms with Crippen LogP contribution in [0, 0.1) is 0 Å². The third kappa shape index (κ3) is 4.42. The number of anilines is 1. The van der Waals surface area contributed by atoms with E-state index < -0.39 is 0 Å². The van der Waals surface area contributed by atoms with Gasteiger partial charge in [-0.05, 0) is 39.0 Å². The summed E-state index contributed by atoms with van der Waals surface area (Å²) in [6.07, 6.45) is 0. The first-order valence-electron chi connectivity index (χ1n) is 7.13. The van der Waals surface area contributed by atoms with Gasteiger partial charge in [0.2, 0.25) is 0 Å². The molecule has 1 N–H and O–H groups in total. The highest BCUT2D eigenvalue weighted by molar-refractivity contribution is 5.56. The number of nitrogens with one attached hydrogen (secondary N) is 1. The predicted molar refractivity (Wildman–Crippen MR) is 87.1 cm³/mol. The van der Waals surface area contributed by atoms with Gasteiger partial charge in [0.1, 0.15) is 17.1 Å². The third-order valence-electron chi connectivity index (χ3n) is 2.97. The smallest absolute Gasteiger partial charge is 0.141 e. The zero-order valence-corrected chi connectivity index (χ0v) is 13.1. The maximum absolute atomic E-state index is 6.01. The summed E-state index contributed by atoms with van der Waals surface area (Å²) < 4.78 is 11.4. The van der Waals surface area contributed by atoms with Crippen molar-refractivity contribution in [2.75, 3.05) is 12.4 Å². The molecule has 2 aromatic carbocycles. The second kappa shape index (κ2) is 6.53. The van der Waals surface area contributed by atoms with Gasteiger partial charge in [-0.15, -0.1) is 0 Å². The summed E-state index contributed by atoms with van der Waals surface area (Å²) >= 11 is 0. The van der Waals surface area contributed by atoms with Gasteiger partial charge in [-0.2, -0.15) is 0 Å². The van der Waals surface area contributed by atoms with Gasteiger partial charge < -0.3 is 14.8 Å². The van der Waals surface area contributed by atoms with Crippen molar-refractivity contribution in [1.82, 2.24) is 0 Å². The Morgan fingerprint density at radius 3 is 2.19 bits per heavy atom. The van der Waals surface area contributed by atoms with Crippen LogP contribution >= 0.6 is 0 Å². The Labute approximate surface area is 126 Å². The van der Waals surface area contributed by atoms with Crippen LogP contribution < -0.4 is 14.8 Å². The molecular weight excluding hydrogens is 262 g/mol. The molecule has 2 rings (SSSR count). The first-order chi connectivity index (χ1) is 9.99. The Morgan fingerprint density at radius 1 is 0.905 bits per heavy atom. The number of rotatable bonds is 5. The molecule has 3 nitrogen and oxygen atoms in total. The fourth-order valence-electron chi connectivity index (χ4n) is 2.06. The highest BCUT2D eigenvalue weighted by atomic mass is 16.5. The quantitative estimate of drug-likeness (QED) is 0.878. The number of benzene rings is 2. The average molecular weight is 285 g/mol. The van der Waals surface area contributed by atoms with Crippen LogP contribution in [0.1, 0.15) is 26.3 Å². The number of ether oxygens (including phenoxy) is 2. The molecule has 0 atom stereocenters. The molecule has 0 aliphatic rings. The van der Waals surface area contributed by atoms with Crippen molar-refractivity contribution < 1.29 is 9.47 Å². The van der Waals surface area contributed by atoms with Gasteiger partial charge in [0.15, 0.2) is 0 Å². The second-order valence-corrected chi connectivity index (χ2v) is 5.88. The van der Waals surface area contributed by atoms with Crippen LogP contribution in [0.4, 0.5) is 5.69 Å². The highest BCUT2D eigenvalue weighted by Crippen LogP contribution is 2.27. The largest absolute Gasteiger partial charge is 0.495 e. The number of methoxy groups -OCH3 is 1. The van der Waals surface area contributed by atoms with E-state index in [-0.39, 0.29) is 5.60 Å². The molecule has 0 amide bonds. The lowest BCUT2D eigenvalue weighted by molar-refractivity contribution is 0.129. The van der Waals surface area contributed by atoms with Crippen molar-refractivity contribution in [1.29, 1.82) is 0 Å². The van der Waals surface area contributed by atoms with Crippen molar-refractivity contribution in [3.8, 4) is 11.5 Å². The van der Waals surface area contributed by atoms with Crippen molar-refractivity contribution in [2.45, 2.75) is 32.9 Å². The van der Waals surface area contributed by atoms with Crippen LogP contribution in [0.15, 0.2) is 48.5 Å². The minimum atomic E-state index is -0.208. The van der Waals surface area contributed by atoms with Gasteiger partial charge >= 0.3 is 0 Å². The summed E-state index contributed by atoms with van der Waals surface area (Å²) in [4.78, 5) is 0. The van der Waals surface area contributed by atoms with E-state index in [4.69, 9.17) is 9.47 Å². The minimum Gasteiger partial charge on any atom is -0.495 e. The van der Waals surface area contributed by atoms with E-state index in [0.29, 0.717) is 6.54 Å². The number of hydrogen-bond acceptors (Lipinski definition) is 3. The molecule has 0 fully saturated rings. The van der Waals surface area contributed by atoms with Gasteiger partial charge in [-0.1, -0.05) is 30.3 Å². The van der Waals surface area contributed by atoms with E-state index in [1.807, 2.05) is 42.5 Å². The molecule has 0 radical (unpaired) electrons. The fraction of sp³-hybridized carbons (Fsp3) is 0.333. The molecule has 2 aromatic rings. The van der Waals surface area contributed by atoms with Crippen LogP contribution in [-0.4, -0.2) is 12.7 Å². The number of hydrogen-bond donors (Lipinski definition) is 1.